The van der Waals surface area contributed by atoms with Crippen molar-refractivity contribution in [3.63, 3.8) is 0 Å². The van der Waals surface area contributed by atoms with Gasteiger partial charge >= 0.3 is 0 Å². The van der Waals surface area contributed by atoms with Gasteiger partial charge in [-0.05, 0) is 31.6 Å². The zero-order valence-electron chi connectivity index (χ0n) is 13.1. The lowest BCUT2D eigenvalue weighted by Crippen LogP contribution is -2.55. The molecule has 5 nitrogen and oxygen atoms in total. The molecule has 0 saturated heterocycles. The number of hydrogen-bond donors (Lipinski definition) is 3. The monoisotopic (exact) mass is 284 g/mol. The highest BCUT2D eigenvalue weighted by Gasteiger charge is 2.35. The van der Waals surface area contributed by atoms with Crippen LogP contribution < -0.4 is 10.6 Å². The Bertz CT molecular complexity index is 353. The Balaban J connectivity index is 2.46. The number of rotatable bonds is 4. The second-order valence-corrected chi connectivity index (χ2v) is 7.10. The van der Waals surface area contributed by atoms with Crippen LogP contribution in [0, 0.1) is 11.3 Å². The molecule has 1 aliphatic rings. The van der Waals surface area contributed by atoms with E-state index < -0.39 is 11.0 Å². The molecule has 116 valence electrons. The summed E-state index contributed by atoms with van der Waals surface area (Å²) in [4.78, 5) is 23.7. The summed E-state index contributed by atoms with van der Waals surface area (Å²) in [6, 6.07) is 0. The Morgan fingerprint density at radius 1 is 1.25 bits per heavy atom. The van der Waals surface area contributed by atoms with Crippen molar-refractivity contribution < 1.29 is 14.7 Å². The van der Waals surface area contributed by atoms with E-state index in [4.69, 9.17) is 0 Å². The molecule has 5 heteroatoms. The molecule has 1 fully saturated rings. The molecular formula is C15H28N2O3. The predicted molar refractivity (Wildman–Crippen MR) is 78.1 cm³/mol. The number of carbonyl (C=O) groups is 2. The van der Waals surface area contributed by atoms with Crippen molar-refractivity contribution in [2.45, 2.75) is 58.9 Å². The van der Waals surface area contributed by atoms with Crippen molar-refractivity contribution in [2.75, 3.05) is 13.2 Å². The number of hydrogen-bond acceptors (Lipinski definition) is 3. The summed E-state index contributed by atoms with van der Waals surface area (Å²) < 4.78 is 0. The lowest BCUT2D eigenvalue weighted by atomic mass is 9.77. The molecule has 0 aromatic rings. The van der Waals surface area contributed by atoms with Gasteiger partial charge in [-0.2, -0.15) is 0 Å². The van der Waals surface area contributed by atoms with E-state index >= 15 is 0 Å². The standard InChI is InChI=1S/C15H28N2O3/c1-11-5-7-15(10-18,8-6-11)17-12(19)9-16-13(20)14(2,3)4/h11,18H,5-10H2,1-4H3,(H,16,20)(H,17,19). The van der Waals surface area contributed by atoms with Crippen molar-refractivity contribution in [3.8, 4) is 0 Å². The summed E-state index contributed by atoms with van der Waals surface area (Å²) in [5.41, 5.74) is -1.01. The number of amides is 2. The lowest BCUT2D eigenvalue weighted by Gasteiger charge is -2.38. The first-order valence-corrected chi connectivity index (χ1v) is 7.39. The molecule has 0 radical (unpaired) electrons. The van der Waals surface area contributed by atoms with Crippen LogP contribution in [-0.2, 0) is 9.59 Å². The number of aliphatic hydroxyl groups excluding tert-OH is 1. The first-order valence-electron chi connectivity index (χ1n) is 7.39. The molecule has 0 aliphatic heterocycles. The predicted octanol–water partition coefficient (Wildman–Crippen LogP) is 1.21. The Labute approximate surface area is 121 Å². The average Bonchev–Trinajstić information content (AvgIpc) is 2.38. The molecule has 0 atom stereocenters. The zero-order valence-corrected chi connectivity index (χ0v) is 13.1. The summed E-state index contributed by atoms with van der Waals surface area (Å²) in [6.07, 6.45) is 3.61. The van der Waals surface area contributed by atoms with Gasteiger partial charge in [0.25, 0.3) is 0 Å². The third-order valence-corrected chi connectivity index (χ3v) is 4.03. The molecule has 0 bridgehead atoms. The van der Waals surface area contributed by atoms with Gasteiger partial charge in [0, 0.05) is 5.41 Å². The van der Waals surface area contributed by atoms with E-state index in [0.29, 0.717) is 5.92 Å². The maximum absolute atomic E-state index is 12.0. The molecule has 1 rings (SSSR count). The SMILES string of the molecule is CC1CCC(CO)(NC(=O)CNC(=O)C(C)(C)C)CC1. The minimum absolute atomic E-state index is 0.0343. The van der Waals surface area contributed by atoms with Crippen LogP contribution in [0.4, 0.5) is 0 Å². The summed E-state index contributed by atoms with van der Waals surface area (Å²) >= 11 is 0. The van der Waals surface area contributed by atoms with Crippen LogP contribution in [0.25, 0.3) is 0 Å². The van der Waals surface area contributed by atoms with Crippen LogP contribution in [0.1, 0.15) is 53.4 Å². The van der Waals surface area contributed by atoms with Gasteiger partial charge in [0.15, 0.2) is 0 Å². The van der Waals surface area contributed by atoms with E-state index in [9.17, 15) is 14.7 Å². The Morgan fingerprint density at radius 2 is 1.80 bits per heavy atom. The third kappa shape index (κ3) is 4.78. The quantitative estimate of drug-likeness (QED) is 0.726. The highest BCUT2D eigenvalue weighted by molar-refractivity contribution is 5.87. The largest absolute Gasteiger partial charge is 0.394 e. The van der Waals surface area contributed by atoms with E-state index in [1.807, 2.05) is 0 Å². The fourth-order valence-electron chi connectivity index (χ4n) is 2.40. The van der Waals surface area contributed by atoms with E-state index in [2.05, 4.69) is 17.6 Å². The van der Waals surface area contributed by atoms with E-state index in [1.165, 1.54) is 0 Å². The highest BCUT2D eigenvalue weighted by atomic mass is 16.3. The second-order valence-electron chi connectivity index (χ2n) is 7.10. The zero-order chi connectivity index (χ0) is 15.4. The van der Waals surface area contributed by atoms with E-state index in [0.717, 1.165) is 25.7 Å². The van der Waals surface area contributed by atoms with Gasteiger partial charge in [0.05, 0.1) is 18.7 Å². The molecule has 20 heavy (non-hydrogen) atoms. The van der Waals surface area contributed by atoms with Gasteiger partial charge in [-0.15, -0.1) is 0 Å². The molecule has 0 aromatic carbocycles. The van der Waals surface area contributed by atoms with Crippen LogP contribution in [-0.4, -0.2) is 35.6 Å². The second kappa shape index (κ2) is 6.57. The van der Waals surface area contributed by atoms with Gasteiger partial charge in [-0.25, -0.2) is 0 Å². The Kier molecular flexibility index (Phi) is 5.57. The van der Waals surface area contributed by atoms with Crippen molar-refractivity contribution in [1.82, 2.24) is 10.6 Å². The van der Waals surface area contributed by atoms with Gasteiger partial charge in [0.2, 0.25) is 11.8 Å². The summed E-state index contributed by atoms with van der Waals surface area (Å²) in [7, 11) is 0. The highest BCUT2D eigenvalue weighted by Crippen LogP contribution is 2.31. The number of nitrogens with one attached hydrogen (secondary N) is 2. The number of carbonyl (C=O) groups excluding carboxylic acids is 2. The minimum Gasteiger partial charge on any atom is -0.394 e. The maximum atomic E-state index is 12.0. The van der Waals surface area contributed by atoms with Crippen LogP contribution in [0.3, 0.4) is 0 Å². The Morgan fingerprint density at radius 3 is 2.25 bits per heavy atom. The summed E-state index contributed by atoms with van der Waals surface area (Å²) in [6.45, 7) is 7.52. The van der Waals surface area contributed by atoms with E-state index in [1.54, 1.807) is 20.8 Å². The van der Waals surface area contributed by atoms with Gasteiger partial charge < -0.3 is 15.7 Å². The smallest absolute Gasteiger partial charge is 0.239 e. The molecular weight excluding hydrogens is 256 g/mol. The third-order valence-electron chi connectivity index (χ3n) is 4.03. The van der Waals surface area contributed by atoms with Gasteiger partial charge in [-0.3, -0.25) is 9.59 Å². The maximum Gasteiger partial charge on any atom is 0.239 e. The van der Waals surface area contributed by atoms with Gasteiger partial charge in [-0.1, -0.05) is 27.7 Å². The van der Waals surface area contributed by atoms with Crippen LogP contribution in [0.5, 0.6) is 0 Å². The molecule has 2 amide bonds. The minimum atomic E-state index is -0.505. The normalized spacial score (nSPS) is 26.9. The molecule has 0 heterocycles. The molecule has 0 spiro atoms. The average molecular weight is 284 g/mol. The molecule has 0 unspecified atom stereocenters. The molecule has 3 N–H and O–H groups in total. The fourth-order valence-corrected chi connectivity index (χ4v) is 2.40. The summed E-state index contributed by atoms with van der Waals surface area (Å²) in [5.74, 6) is 0.265. The first-order chi connectivity index (χ1) is 9.18. The lowest BCUT2D eigenvalue weighted by molar-refractivity contribution is -0.132. The molecule has 1 saturated carbocycles. The van der Waals surface area contributed by atoms with Crippen LogP contribution >= 0.6 is 0 Å². The van der Waals surface area contributed by atoms with Crippen LogP contribution in [0.2, 0.25) is 0 Å². The topological polar surface area (TPSA) is 78.4 Å². The first kappa shape index (κ1) is 17.0. The fraction of sp³-hybridized carbons (Fsp3) is 0.867. The van der Waals surface area contributed by atoms with Crippen molar-refractivity contribution >= 4 is 11.8 Å². The number of aliphatic hydroxyl groups is 1. The van der Waals surface area contributed by atoms with Crippen LogP contribution in [0.15, 0.2) is 0 Å². The molecule has 1 aliphatic carbocycles. The molecule has 0 aromatic heterocycles. The van der Waals surface area contributed by atoms with Gasteiger partial charge in [0.1, 0.15) is 0 Å². The van der Waals surface area contributed by atoms with Crippen molar-refractivity contribution in [2.24, 2.45) is 11.3 Å². The Hall–Kier alpha value is -1.10. The summed E-state index contributed by atoms with van der Waals surface area (Å²) in [5, 5.41) is 15.1. The van der Waals surface area contributed by atoms with Crippen molar-refractivity contribution in [1.29, 1.82) is 0 Å². The van der Waals surface area contributed by atoms with E-state index in [-0.39, 0.29) is 25.0 Å². The van der Waals surface area contributed by atoms with Crippen molar-refractivity contribution in [3.05, 3.63) is 0 Å².